The van der Waals surface area contributed by atoms with Crippen LogP contribution in [0.25, 0.3) is 10.9 Å². The van der Waals surface area contributed by atoms with Crippen LogP contribution in [-0.2, 0) is 23.5 Å². The minimum atomic E-state index is -1.20. The Morgan fingerprint density at radius 1 is 1.19 bits per heavy atom. The minimum Gasteiger partial charge on any atom is -0.450 e. The normalized spacial score (nSPS) is 28.1. The molecular formula is C34H49BClFN4O7. The van der Waals surface area contributed by atoms with Crippen molar-refractivity contribution >= 4 is 47.3 Å². The molecule has 1 aromatic heterocycles. The van der Waals surface area contributed by atoms with Gasteiger partial charge in [-0.05, 0) is 116 Å². The first-order chi connectivity index (χ1) is 22.5. The molecule has 11 nitrogen and oxygen atoms in total. The molecule has 3 saturated heterocycles. The first-order valence-corrected chi connectivity index (χ1v) is 17.6. The smallest absolute Gasteiger partial charge is 0.450 e. The van der Waals surface area contributed by atoms with E-state index in [1.807, 2.05) is 44.6 Å². The topological polar surface area (TPSA) is 113 Å². The maximum Gasteiger partial charge on any atom is 0.495 e. The number of amides is 2. The van der Waals surface area contributed by atoms with Crippen molar-refractivity contribution in [3.63, 3.8) is 0 Å². The second-order valence-corrected chi connectivity index (χ2v) is 16.2. The average molecular weight is 691 g/mol. The molecule has 1 aliphatic carbocycles. The van der Waals surface area contributed by atoms with E-state index in [2.05, 4.69) is 5.32 Å². The number of nitrogens with one attached hydrogen (secondary N) is 1. The van der Waals surface area contributed by atoms with E-state index in [0.29, 0.717) is 18.1 Å². The SMILES string of the molecule is CC(C)(C)OC(=O)N1CC[C@@](CF)(NC(=O)OCC[C@H]2C[C@H]2c2c(Cl)cc3c(cnn3C3CCCCO3)c2B2OC(C)(C)C(C)(C)O2)C1. The number of fused-ring (bicyclic) bond motifs is 1. The van der Waals surface area contributed by atoms with Crippen molar-refractivity contribution in [3.05, 3.63) is 22.8 Å². The Labute approximate surface area is 287 Å². The third-order valence-corrected chi connectivity index (χ3v) is 10.8. The summed E-state index contributed by atoms with van der Waals surface area (Å²) in [6.45, 7) is 13.8. The van der Waals surface area contributed by atoms with Gasteiger partial charge in [-0.15, -0.1) is 0 Å². The van der Waals surface area contributed by atoms with Crippen LogP contribution in [0.3, 0.4) is 0 Å². The lowest BCUT2D eigenvalue weighted by atomic mass is 9.72. The highest BCUT2D eigenvalue weighted by molar-refractivity contribution is 6.66. The van der Waals surface area contributed by atoms with Crippen LogP contribution in [0, 0.1) is 5.92 Å². The third kappa shape index (κ3) is 7.02. The van der Waals surface area contributed by atoms with Gasteiger partial charge in [0, 0.05) is 30.1 Å². The van der Waals surface area contributed by atoms with Gasteiger partial charge in [0.25, 0.3) is 0 Å². The fraction of sp³-hybridized carbons (Fsp3) is 0.735. The number of carbonyl (C=O) groups is 2. The summed E-state index contributed by atoms with van der Waals surface area (Å²) in [4.78, 5) is 26.7. The number of alkyl carbamates (subject to hydrolysis) is 1. The van der Waals surface area contributed by atoms with Crippen molar-refractivity contribution in [3.8, 4) is 0 Å². The number of likely N-dealkylation sites (tertiary alicyclic amines) is 1. The summed E-state index contributed by atoms with van der Waals surface area (Å²) in [5.41, 5.74) is -0.207. The van der Waals surface area contributed by atoms with Gasteiger partial charge in [-0.1, -0.05) is 11.6 Å². The molecule has 1 unspecified atom stereocenters. The predicted molar refractivity (Wildman–Crippen MR) is 180 cm³/mol. The van der Waals surface area contributed by atoms with Crippen LogP contribution >= 0.6 is 11.6 Å². The van der Waals surface area contributed by atoms with Crippen LogP contribution in [0.5, 0.6) is 0 Å². The van der Waals surface area contributed by atoms with Gasteiger partial charge in [-0.3, -0.25) is 0 Å². The number of benzene rings is 1. The Morgan fingerprint density at radius 3 is 2.56 bits per heavy atom. The highest BCUT2D eigenvalue weighted by Gasteiger charge is 2.54. The molecule has 1 saturated carbocycles. The minimum absolute atomic E-state index is 0.0182. The summed E-state index contributed by atoms with van der Waals surface area (Å²) in [6.07, 6.45) is 5.23. The second-order valence-electron chi connectivity index (χ2n) is 15.8. The van der Waals surface area contributed by atoms with Crippen molar-refractivity contribution in [1.82, 2.24) is 20.0 Å². The Kier molecular flexibility index (Phi) is 9.49. The van der Waals surface area contributed by atoms with Gasteiger partial charge in [-0.25, -0.2) is 18.7 Å². The number of hydrogen-bond donors (Lipinski definition) is 1. The van der Waals surface area contributed by atoms with E-state index in [1.54, 1.807) is 20.8 Å². The molecule has 4 fully saturated rings. The van der Waals surface area contributed by atoms with Gasteiger partial charge in [0.05, 0.1) is 35.1 Å². The molecule has 2 amide bonds. The molecule has 2 aromatic rings. The Bertz CT molecular complexity index is 1530. The van der Waals surface area contributed by atoms with E-state index in [4.69, 9.17) is 40.2 Å². The highest BCUT2D eigenvalue weighted by atomic mass is 35.5. The third-order valence-electron chi connectivity index (χ3n) is 10.5. The lowest BCUT2D eigenvalue weighted by molar-refractivity contribution is -0.0366. The van der Waals surface area contributed by atoms with Gasteiger partial charge >= 0.3 is 19.3 Å². The molecule has 0 bridgehead atoms. The zero-order valence-corrected chi connectivity index (χ0v) is 30.0. The fourth-order valence-corrected chi connectivity index (χ4v) is 7.35. The molecule has 0 radical (unpaired) electrons. The summed E-state index contributed by atoms with van der Waals surface area (Å²) in [5, 5.41) is 9.00. The standard InChI is InChI=1S/C34H49BClFN4O7/c1-31(2,3)46-30(43)40-13-12-34(19-37,20-40)39-29(42)45-15-11-21-16-22(21)27-24(36)17-25-23(18-38-41(25)26-10-8-9-14-44-26)28(27)35-47-32(4,5)33(6,7)48-35/h17-18,21-22,26H,8-16,19-20H2,1-7H3,(H,39,42)/t21-,22+,26?,34-/m0/s1. The molecule has 4 heterocycles. The molecule has 1 aromatic carbocycles. The number of alkyl halides is 1. The molecule has 48 heavy (non-hydrogen) atoms. The zero-order chi connectivity index (χ0) is 34.6. The molecule has 3 aliphatic heterocycles. The molecule has 6 rings (SSSR count). The zero-order valence-electron chi connectivity index (χ0n) is 29.2. The van der Waals surface area contributed by atoms with Crippen LogP contribution in [0.1, 0.15) is 105 Å². The number of halogens is 2. The van der Waals surface area contributed by atoms with E-state index in [1.165, 1.54) is 4.90 Å². The Hall–Kier alpha value is -2.61. The number of hydrogen-bond acceptors (Lipinski definition) is 8. The molecule has 1 N–H and O–H groups in total. The van der Waals surface area contributed by atoms with Crippen molar-refractivity contribution in [2.75, 3.05) is 33.0 Å². The molecule has 14 heteroatoms. The van der Waals surface area contributed by atoms with Crippen LogP contribution in [-0.4, -0.2) is 89.3 Å². The van der Waals surface area contributed by atoms with E-state index in [-0.39, 0.29) is 44.2 Å². The van der Waals surface area contributed by atoms with Gasteiger partial charge in [-0.2, -0.15) is 5.10 Å². The van der Waals surface area contributed by atoms with Crippen molar-refractivity contribution < 1.29 is 37.5 Å². The Balaban J connectivity index is 1.14. The van der Waals surface area contributed by atoms with Gasteiger partial charge in [0.1, 0.15) is 12.3 Å². The van der Waals surface area contributed by atoms with Crippen LogP contribution in [0.2, 0.25) is 5.02 Å². The van der Waals surface area contributed by atoms with Crippen LogP contribution < -0.4 is 10.8 Å². The Morgan fingerprint density at radius 2 is 1.92 bits per heavy atom. The summed E-state index contributed by atoms with van der Waals surface area (Å²) in [6, 6.07) is 1.98. The number of carbonyl (C=O) groups excluding carboxylic acids is 2. The van der Waals surface area contributed by atoms with Gasteiger partial charge < -0.3 is 33.7 Å². The number of ether oxygens (including phenoxy) is 3. The quantitative estimate of drug-likeness (QED) is 0.323. The summed E-state index contributed by atoms with van der Waals surface area (Å²) in [7, 11) is -0.636. The number of aromatic nitrogens is 2. The molecule has 4 aliphatic rings. The lowest BCUT2D eigenvalue weighted by Gasteiger charge is -2.32. The number of rotatable bonds is 8. The van der Waals surface area contributed by atoms with Crippen molar-refractivity contribution in [2.45, 2.75) is 121 Å². The lowest BCUT2D eigenvalue weighted by Crippen LogP contribution is -2.53. The summed E-state index contributed by atoms with van der Waals surface area (Å²) < 4.78 is 46.3. The van der Waals surface area contributed by atoms with Crippen molar-refractivity contribution in [2.24, 2.45) is 5.92 Å². The number of nitrogens with zero attached hydrogens (tertiary/aromatic N) is 3. The van der Waals surface area contributed by atoms with E-state index >= 15 is 0 Å². The van der Waals surface area contributed by atoms with E-state index in [0.717, 1.165) is 47.6 Å². The highest BCUT2D eigenvalue weighted by Crippen LogP contribution is 2.52. The summed E-state index contributed by atoms with van der Waals surface area (Å²) >= 11 is 7.12. The largest absolute Gasteiger partial charge is 0.495 e. The predicted octanol–water partition coefficient (Wildman–Crippen LogP) is 6.26. The molecule has 0 spiro atoms. The summed E-state index contributed by atoms with van der Waals surface area (Å²) in [5.74, 6) is 0.334. The van der Waals surface area contributed by atoms with Crippen LogP contribution in [0.15, 0.2) is 12.3 Å². The van der Waals surface area contributed by atoms with E-state index < -0.39 is 48.3 Å². The van der Waals surface area contributed by atoms with E-state index in [9.17, 15) is 14.0 Å². The fourth-order valence-electron chi connectivity index (χ4n) is 7.01. The first kappa shape index (κ1) is 35.2. The maximum atomic E-state index is 14.2. The average Bonchev–Trinajstić information content (AvgIpc) is 3.32. The van der Waals surface area contributed by atoms with Gasteiger partial charge in [0.15, 0.2) is 6.23 Å². The van der Waals surface area contributed by atoms with Crippen molar-refractivity contribution in [1.29, 1.82) is 0 Å². The molecular weight excluding hydrogens is 642 g/mol. The second kappa shape index (κ2) is 12.9. The molecule has 4 atom stereocenters. The first-order valence-electron chi connectivity index (χ1n) is 17.2. The maximum absolute atomic E-state index is 14.2. The monoisotopic (exact) mass is 690 g/mol. The molecule has 264 valence electrons. The van der Waals surface area contributed by atoms with Gasteiger partial charge in [0.2, 0.25) is 0 Å². The van der Waals surface area contributed by atoms with Crippen LogP contribution in [0.4, 0.5) is 14.0 Å².